The van der Waals surface area contributed by atoms with Crippen LogP contribution in [0.5, 0.6) is 0 Å². The van der Waals surface area contributed by atoms with E-state index in [4.69, 9.17) is 4.74 Å². The summed E-state index contributed by atoms with van der Waals surface area (Å²) in [5.41, 5.74) is -1.77. The average Bonchev–Trinajstić information content (AvgIpc) is 3.15. The van der Waals surface area contributed by atoms with Crippen LogP contribution in [0.3, 0.4) is 0 Å². The number of nitro benzene ring substituents is 1. The number of ether oxygens (including phenoxy) is 1. The SMILES string of the molecule is CC(C)(C)OC(=O)[C@H]1[C@H](c2ccc([N+](=O)[O-])cc2)C1(C#N)C#N. The predicted molar refractivity (Wildman–Crippen MR) is 78.8 cm³/mol. The maximum absolute atomic E-state index is 12.3. The molecule has 1 aliphatic rings. The lowest BCUT2D eigenvalue weighted by atomic mass is 10.0. The molecule has 1 aromatic rings. The molecule has 0 spiro atoms. The van der Waals surface area contributed by atoms with Gasteiger partial charge >= 0.3 is 5.97 Å². The molecule has 0 unspecified atom stereocenters. The van der Waals surface area contributed by atoms with E-state index >= 15 is 0 Å². The van der Waals surface area contributed by atoms with E-state index in [1.165, 1.54) is 24.3 Å². The number of esters is 1. The molecular formula is C16H15N3O4. The van der Waals surface area contributed by atoms with Gasteiger partial charge in [-0.3, -0.25) is 14.9 Å². The molecule has 0 radical (unpaired) electrons. The van der Waals surface area contributed by atoms with Crippen LogP contribution in [0.25, 0.3) is 0 Å². The third-order valence-electron chi connectivity index (χ3n) is 3.70. The maximum Gasteiger partial charge on any atom is 0.312 e. The second-order valence-corrected chi connectivity index (χ2v) is 6.43. The van der Waals surface area contributed by atoms with Gasteiger partial charge in [0, 0.05) is 18.1 Å². The first-order chi connectivity index (χ1) is 10.7. The normalized spacial score (nSPS) is 21.6. The van der Waals surface area contributed by atoms with Crippen LogP contribution in [-0.4, -0.2) is 16.5 Å². The Morgan fingerprint density at radius 2 is 1.78 bits per heavy atom. The number of benzene rings is 1. The molecule has 0 bridgehead atoms. The zero-order chi connectivity index (χ0) is 17.4. The van der Waals surface area contributed by atoms with Crippen molar-refractivity contribution < 1.29 is 14.5 Å². The summed E-state index contributed by atoms with van der Waals surface area (Å²) < 4.78 is 5.28. The second-order valence-electron chi connectivity index (χ2n) is 6.43. The van der Waals surface area contributed by atoms with Crippen molar-refractivity contribution in [2.45, 2.75) is 32.3 Å². The average molecular weight is 313 g/mol. The topological polar surface area (TPSA) is 117 Å². The van der Waals surface area contributed by atoms with Crippen LogP contribution in [0.1, 0.15) is 32.3 Å². The minimum atomic E-state index is -1.49. The number of hydrogen-bond acceptors (Lipinski definition) is 6. The molecule has 7 nitrogen and oxygen atoms in total. The highest BCUT2D eigenvalue weighted by Gasteiger charge is 2.72. The second kappa shape index (κ2) is 5.36. The van der Waals surface area contributed by atoms with Crippen molar-refractivity contribution in [2.24, 2.45) is 11.3 Å². The third kappa shape index (κ3) is 2.86. The summed E-state index contributed by atoms with van der Waals surface area (Å²) in [5, 5.41) is 29.4. The molecule has 0 amide bonds. The molecule has 2 rings (SSSR count). The molecule has 0 heterocycles. The number of carbonyl (C=O) groups is 1. The van der Waals surface area contributed by atoms with Gasteiger partial charge in [-0.2, -0.15) is 10.5 Å². The van der Waals surface area contributed by atoms with Crippen molar-refractivity contribution in [2.75, 3.05) is 0 Å². The first-order valence-electron chi connectivity index (χ1n) is 6.96. The highest BCUT2D eigenvalue weighted by atomic mass is 16.6. The summed E-state index contributed by atoms with van der Waals surface area (Å²) in [5.74, 6) is -2.14. The van der Waals surface area contributed by atoms with Gasteiger partial charge in [-0.25, -0.2) is 0 Å². The van der Waals surface area contributed by atoms with Crippen LogP contribution in [-0.2, 0) is 9.53 Å². The van der Waals surface area contributed by atoms with Crippen molar-refractivity contribution in [3.8, 4) is 12.1 Å². The van der Waals surface area contributed by atoms with E-state index in [9.17, 15) is 25.4 Å². The van der Waals surface area contributed by atoms with Crippen molar-refractivity contribution in [3.63, 3.8) is 0 Å². The minimum Gasteiger partial charge on any atom is -0.460 e. The van der Waals surface area contributed by atoms with Crippen LogP contribution in [0.2, 0.25) is 0 Å². The van der Waals surface area contributed by atoms with Crippen molar-refractivity contribution in [3.05, 3.63) is 39.9 Å². The van der Waals surface area contributed by atoms with Gasteiger partial charge in [0.25, 0.3) is 5.69 Å². The van der Waals surface area contributed by atoms with Crippen LogP contribution in [0.4, 0.5) is 5.69 Å². The fourth-order valence-corrected chi connectivity index (χ4v) is 2.64. The Balaban J connectivity index is 2.33. The Morgan fingerprint density at radius 1 is 1.26 bits per heavy atom. The van der Waals surface area contributed by atoms with Crippen LogP contribution < -0.4 is 0 Å². The van der Waals surface area contributed by atoms with Crippen molar-refractivity contribution >= 4 is 11.7 Å². The van der Waals surface area contributed by atoms with E-state index in [-0.39, 0.29) is 5.69 Å². The van der Waals surface area contributed by atoms with E-state index in [1.807, 2.05) is 12.1 Å². The maximum atomic E-state index is 12.3. The standard InChI is InChI=1S/C16H15N3O4/c1-15(2,3)23-14(20)13-12(16(13,8-17)9-18)10-4-6-11(7-5-10)19(21)22/h4-7,12-13H,1-3H3/t12-,13+/m0/s1. The van der Waals surface area contributed by atoms with Crippen LogP contribution in [0.15, 0.2) is 24.3 Å². The van der Waals surface area contributed by atoms with E-state index < -0.39 is 33.7 Å². The van der Waals surface area contributed by atoms with Gasteiger partial charge in [0.2, 0.25) is 0 Å². The molecule has 7 heteroatoms. The summed E-state index contributed by atoms with van der Waals surface area (Å²) >= 11 is 0. The number of non-ortho nitro benzene ring substituents is 1. The molecule has 0 saturated heterocycles. The number of nitriles is 2. The summed E-state index contributed by atoms with van der Waals surface area (Å²) in [6.07, 6.45) is 0. The first kappa shape index (κ1) is 16.4. The van der Waals surface area contributed by atoms with Crippen LogP contribution in [0, 0.1) is 44.1 Å². The third-order valence-corrected chi connectivity index (χ3v) is 3.70. The lowest BCUT2D eigenvalue weighted by molar-refractivity contribution is -0.384. The van der Waals surface area contributed by atoms with E-state index in [0.29, 0.717) is 5.56 Å². The largest absolute Gasteiger partial charge is 0.460 e. The summed E-state index contributed by atoms with van der Waals surface area (Å²) in [7, 11) is 0. The molecule has 1 aromatic carbocycles. The molecule has 1 aliphatic carbocycles. The molecule has 2 atom stereocenters. The molecule has 1 saturated carbocycles. The number of nitro groups is 1. The van der Waals surface area contributed by atoms with Crippen LogP contribution >= 0.6 is 0 Å². The number of carbonyl (C=O) groups excluding carboxylic acids is 1. The van der Waals surface area contributed by atoms with Gasteiger partial charge in [0.1, 0.15) is 5.60 Å². The van der Waals surface area contributed by atoms with Crippen molar-refractivity contribution in [1.29, 1.82) is 10.5 Å². The van der Waals surface area contributed by atoms with E-state index in [0.717, 1.165) is 0 Å². The predicted octanol–water partition coefficient (Wildman–Crippen LogP) is 2.68. The fraction of sp³-hybridized carbons (Fsp3) is 0.438. The fourth-order valence-electron chi connectivity index (χ4n) is 2.64. The van der Waals surface area contributed by atoms with E-state index in [1.54, 1.807) is 20.8 Å². The Bertz CT molecular complexity index is 721. The zero-order valence-electron chi connectivity index (χ0n) is 12.9. The molecule has 0 aromatic heterocycles. The number of nitrogens with zero attached hydrogens (tertiary/aromatic N) is 3. The van der Waals surface area contributed by atoms with E-state index in [2.05, 4.69) is 0 Å². The molecule has 0 N–H and O–H groups in total. The lowest BCUT2D eigenvalue weighted by Crippen LogP contribution is -2.26. The van der Waals surface area contributed by atoms with Gasteiger partial charge in [-0.1, -0.05) is 12.1 Å². The number of rotatable bonds is 3. The zero-order valence-corrected chi connectivity index (χ0v) is 12.9. The van der Waals surface area contributed by atoms with Gasteiger partial charge in [0.05, 0.1) is 23.0 Å². The number of hydrogen-bond donors (Lipinski definition) is 0. The summed E-state index contributed by atoms with van der Waals surface area (Å²) in [4.78, 5) is 22.4. The Morgan fingerprint density at radius 3 is 2.17 bits per heavy atom. The summed E-state index contributed by atoms with van der Waals surface area (Å²) in [6.45, 7) is 5.11. The van der Waals surface area contributed by atoms with Gasteiger partial charge in [-0.05, 0) is 26.3 Å². The lowest BCUT2D eigenvalue weighted by Gasteiger charge is -2.19. The van der Waals surface area contributed by atoms with Gasteiger partial charge < -0.3 is 4.74 Å². The highest BCUT2D eigenvalue weighted by Crippen LogP contribution is 2.64. The molecule has 0 aliphatic heterocycles. The minimum absolute atomic E-state index is 0.0947. The van der Waals surface area contributed by atoms with Crippen molar-refractivity contribution in [1.82, 2.24) is 0 Å². The quantitative estimate of drug-likeness (QED) is 0.481. The Kier molecular flexibility index (Phi) is 3.83. The molecule has 118 valence electrons. The highest BCUT2D eigenvalue weighted by molar-refractivity contribution is 5.83. The molecular weight excluding hydrogens is 298 g/mol. The molecule has 23 heavy (non-hydrogen) atoms. The molecule has 1 fully saturated rings. The monoisotopic (exact) mass is 313 g/mol. The smallest absolute Gasteiger partial charge is 0.312 e. The summed E-state index contributed by atoms with van der Waals surface area (Å²) in [6, 6.07) is 9.34. The van der Waals surface area contributed by atoms with Gasteiger partial charge in [-0.15, -0.1) is 0 Å². The van der Waals surface area contributed by atoms with Gasteiger partial charge in [0.15, 0.2) is 5.41 Å². The first-order valence-corrected chi connectivity index (χ1v) is 6.96. The Hall–Kier alpha value is -2.93. The Labute approximate surface area is 133 Å².